The van der Waals surface area contributed by atoms with Crippen LogP contribution >= 0.6 is 0 Å². The third-order valence-electron chi connectivity index (χ3n) is 8.07. The number of fused-ring (bicyclic) bond motifs is 3. The van der Waals surface area contributed by atoms with Gasteiger partial charge in [-0.15, -0.1) is 0 Å². The van der Waals surface area contributed by atoms with Gasteiger partial charge in [-0.1, -0.05) is 146 Å². The molecule has 0 aliphatic rings. The van der Waals surface area contributed by atoms with Gasteiger partial charge in [0.1, 0.15) is 0 Å². The standard InChI is InChI=1S/C41H27N3/c1-5-15-28(16-6-1)34-25-36(29-17-7-2-8-18-29)42-39-26-35(32-23-13-14-24-33(32)40(34)39)38-27-37(30-19-9-3-10-20-30)43-41(44-38)31-21-11-4-12-22-31/h1-27H. The first-order chi connectivity index (χ1) is 21.8. The molecule has 44 heavy (non-hydrogen) atoms. The van der Waals surface area contributed by atoms with E-state index in [9.17, 15) is 0 Å². The van der Waals surface area contributed by atoms with Crippen LogP contribution in [0.5, 0.6) is 0 Å². The first kappa shape index (κ1) is 25.8. The van der Waals surface area contributed by atoms with Crippen LogP contribution in [0.3, 0.4) is 0 Å². The maximum absolute atomic E-state index is 5.29. The van der Waals surface area contributed by atoms with Crippen LogP contribution in [-0.4, -0.2) is 15.0 Å². The lowest BCUT2D eigenvalue weighted by molar-refractivity contribution is 1.18. The number of hydrogen-bond acceptors (Lipinski definition) is 3. The molecular weight excluding hydrogens is 534 g/mol. The SMILES string of the molecule is c1ccc(-c2cc(-c3cc4nc(-c5ccccc5)cc(-c5ccccc5)c4c4ccccc34)nc(-c3ccccc3)n2)cc1. The zero-order valence-electron chi connectivity index (χ0n) is 23.9. The van der Waals surface area contributed by atoms with Gasteiger partial charge >= 0.3 is 0 Å². The average molecular weight is 562 g/mol. The van der Waals surface area contributed by atoms with Gasteiger partial charge in [0.05, 0.1) is 22.6 Å². The second-order valence-corrected chi connectivity index (χ2v) is 10.8. The third kappa shape index (κ3) is 4.71. The van der Waals surface area contributed by atoms with E-state index in [4.69, 9.17) is 15.0 Å². The van der Waals surface area contributed by atoms with Crippen LogP contribution in [-0.2, 0) is 0 Å². The summed E-state index contributed by atoms with van der Waals surface area (Å²) in [5.74, 6) is 0.696. The highest BCUT2D eigenvalue weighted by Gasteiger charge is 2.18. The molecule has 0 spiro atoms. The molecule has 0 amide bonds. The van der Waals surface area contributed by atoms with E-state index in [2.05, 4.69) is 121 Å². The number of rotatable bonds is 5. The van der Waals surface area contributed by atoms with Crippen molar-refractivity contribution in [1.82, 2.24) is 15.0 Å². The Balaban J connectivity index is 1.45. The van der Waals surface area contributed by atoms with Crippen LogP contribution in [0.1, 0.15) is 0 Å². The first-order valence-corrected chi connectivity index (χ1v) is 14.8. The minimum Gasteiger partial charge on any atom is -0.248 e. The van der Waals surface area contributed by atoms with Crippen LogP contribution in [0, 0.1) is 0 Å². The Morgan fingerprint density at radius 2 is 0.795 bits per heavy atom. The zero-order valence-corrected chi connectivity index (χ0v) is 23.9. The van der Waals surface area contributed by atoms with Gasteiger partial charge in [-0.05, 0) is 40.1 Å². The molecule has 3 nitrogen and oxygen atoms in total. The Hall–Kier alpha value is -5.93. The highest BCUT2D eigenvalue weighted by Crippen LogP contribution is 2.41. The van der Waals surface area contributed by atoms with E-state index in [1.807, 2.05) is 42.5 Å². The van der Waals surface area contributed by atoms with Gasteiger partial charge in [-0.25, -0.2) is 15.0 Å². The van der Waals surface area contributed by atoms with Crippen molar-refractivity contribution in [1.29, 1.82) is 0 Å². The molecule has 8 rings (SSSR count). The summed E-state index contributed by atoms with van der Waals surface area (Å²) in [7, 11) is 0. The Kier molecular flexibility index (Phi) is 6.47. The molecule has 0 saturated carbocycles. The van der Waals surface area contributed by atoms with E-state index in [0.29, 0.717) is 5.82 Å². The van der Waals surface area contributed by atoms with Gasteiger partial charge in [0.25, 0.3) is 0 Å². The van der Waals surface area contributed by atoms with Crippen LogP contribution in [0.2, 0.25) is 0 Å². The van der Waals surface area contributed by atoms with Gasteiger partial charge in [0, 0.05) is 27.6 Å². The summed E-state index contributed by atoms with van der Waals surface area (Å²) in [6, 6.07) is 56.7. The van der Waals surface area contributed by atoms with E-state index in [1.165, 1.54) is 0 Å². The van der Waals surface area contributed by atoms with Gasteiger partial charge < -0.3 is 0 Å². The maximum Gasteiger partial charge on any atom is 0.160 e. The number of aromatic nitrogens is 3. The molecule has 0 radical (unpaired) electrons. The quantitative estimate of drug-likeness (QED) is 0.196. The van der Waals surface area contributed by atoms with E-state index in [-0.39, 0.29) is 0 Å². The largest absolute Gasteiger partial charge is 0.248 e. The molecule has 6 aromatic carbocycles. The molecule has 3 heteroatoms. The van der Waals surface area contributed by atoms with Crippen molar-refractivity contribution in [3.8, 4) is 56.3 Å². The van der Waals surface area contributed by atoms with E-state index >= 15 is 0 Å². The average Bonchev–Trinajstić information content (AvgIpc) is 3.12. The fourth-order valence-corrected chi connectivity index (χ4v) is 5.98. The molecule has 0 atom stereocenters. The lowest BCUT2D eigenvalue weighted by atomic mass is 9.91. The van der Waals surface area contributed by atoms with Gasteiger partial charge in [-0.2, -0.15) is 0 Å². The Labute approximate surface area is 256 Å². The smallest absolute Gasteiger partial charge is 0.160 e. The predicted octanol–water partition coefficient (Wildman–Crippen LogP) is 10.5. The normalized spacial score (nSPS) is 11.2. The lowest BCUT2D eigenvalue weighted by Gasteiger charge is -2.16. The molecule has 0 N–H and O–H groups in total. The Morgan fingerprint density at radius 1 is 0.318 bits per heavy atom. The molecule has 0 aliphatic carbocycles. The molecule has 0 unspecified atom stereocenters. The summed E-state index contributed by atoms with van der Waals surface area (Å²) >= 11 is 0. The van der Waals surface area contributed by atoms with Crippen molar-refractivity contribution in [2.45, 2.75) is 0 Å². The molecular formula is C41H27N3. The van der Waals surface area contributed by atoms with Crippen LogP contribution in [0.15, 0.2) is 164 Å². The monoisotopic (exact) mass is 561 g/mol. The highest BCUT2D eigenvalue weighted by molar-refractivity contribution is 6.18. The van der Waals surface area contributed by atoms with Crippen LogP contribution < -0.4 is 0 Å². The molecule has 0 saturated heterocycles. The Morgan fingerprint density at radius 3 is 1.41 bits per heavy atom. The van der Waals surface area contributed by atoms with Crippen LogP contribution in [0.25, 0.3) is 78.0 Å². The number of benzene rings is 6. The minimum atomic E-state index is 0.696. The second kappa shape index (κ2) is 11.0. The van der Waals surface area contributed by atoms with Crippen molar-refractivity contribution in [2.24, 2.45) is 0 Å². The maximum atomic E-state index is 5.29. The van der Waals surface area contributed by atoms with Crippen molar-refractivity contribution < 1.29 is 0 Å². The topological polar surface area (TPSA) is 38.7 Å². The number of hydrogen-bond donors (Lipinski definition) is 0. The van der Waals surface area contributed by atoms with Gasteiger partial charge in [0.2, 0.25) is 0 Å². The molecule has 206 valence electrons. The molecule has 0 bridgehead atoms. The van der Waals surface area contributed by atoms with Crippen molar-refractivity contribution in [3.63, 3.8) is 0 Å². The highest BCUT2D eigenvalue weighted by atomic mass is 14.9. The zero-order chi connectivity index (χ0) is 29.3. The fourth-order valence-electron chi connectivity index (χ4n) is 5.98. The van der Waals surface area contributed by atoms with Gasteiger partial charge in [0.15, 0.2) is 5.82 Å². The summed E-state index contributed by atoms with van der Waals surface area (Å²) in [6.45, 7) is 0. The summed E-state index contributed by atoms with van der Waals surface area (Å²) in [6.07, 6.45) is 0. The number of pyridine rings is 1. The first-order valence-electron chi connectivity index (χ1n) is 14.8. The molecule has 0 fully saturated rings. The molecule has 2 heterocycles. The van der Waals surface area contributed by atoms with Crippen molar-refractivity contribution in [3.05, 3.63) is 164 Å². The fraction of sp³-hybridized carbons (Fsp3) is 0. The summed E-state index contributed by atoms with van der Waals surface area (Å²) in [4.78, 5) is 15.5. The summed E-state index contributed by atoms with van der Waals surface area (Å²) in [5, 5.41) is 3.41. The molecule has 0 aliphatic heterocycles. The van der Waals surface area contributed by atoms with Crippen LogP contribution in [0.4, 0.5) is 0 Å². The molecule has 8 aromatic rings. The Bertz CT molecular complexity index is 2190. The van der Waals surface area contributed by atoms with E-state index in [0.717, 1.165) is 72.1 Å². The summed E-state index contributed by atoms with van der Waals surface area (Å²) in [5.41, 5.74) is 10.1. The third-order valence-corrected chi connectivity index (χ3v) is 8.07. The predicted molar refractivity (Wildman–Crippen MR) is 182 cm³/mol. The summed E-state index contributed by atoms with van der Waals surface area (Å²) < 4.78 is 0. The van der Waals surface area contributed by atoms with E-state index < -0.39 is 0 Å². The molecule has 2 aromatic heterocycles. The van der Waals surface area contributed by atoms with Crippen molar-refractivity contribution >= 4 is 21.7 Å². The van der Waals surface area contributed by atoms with Gasteiger partial charge in [-0.3, -0.25) is 0 Å². The minimum absolute atomic E-state index is 0.696. The number of nitrogens with zero attached hydrogens (tertiary/aromatic N) is 3. The van der Waals surface area contributed by atoms with Crippen molar-refractivity contribution in [2.75, 3.05) is 0 Å². The lowest BCUT2D eigenvalue weighted by Crippen LogP contribution is -1.97. The van der Waals surface area contributed by atoms with E-state index in [1.54, 1.807) is 0 Å². The second-order valence-electron chi connectivity index (χ2n) is 10.8.